The molecule has 1 aromatic heterocycles. The van der Waals surface area contributed by atoms with Crippen LogP contribution in [0.3, 0.4) is 0 Å². The Morgan fingerprint density at radius 3 is 2.86 bits per heavy atom. The lowest BCUT2D eigenvalue weighted by atomic mass is 9.90. The van der Waals surface area contributed by atoms with E-state index in [0.29, 0.717) is 17.7 Å². The molecule has 0 fully saturated rings. The normalized spacial score (nSPS) is 16.6. The molecule has 3 aromatic rings. The van der Waals surface area contributed by atoms with Crippen molar-refractivity contribution in [1.29, 1.82) is 0 Å². The van der Waals surface area contributed by atoms with Crippen molar-refractivity contribution in [1.82, 2.24) is 9.99 Å². The first-order valence-electron chi connectivity index (χ1n) is 9.01. The van der Waals surface area contributed by atoms with Crippen LogP contribution in [0.4, 0.5) is 0 Å². The summed E-state index contributed by atoms with van der Waals surface area (Å²) in [6, 6.07) is 15.9. The summed E-state index contributed by atoms with van der Waals surface area (Å²) in [5.74, 6) is -0.386. The Labute approximate surface area is 171 Å². The Morgan fingerprint density at radius 2 is 2.04 bits per heavy atom. The van der Waals surface area contributed by atoms with Gasteiger partial charge in [0.15, 0.2) is 0 Å². The molecule has 1 atom stereocenters. The van der Waals surface area contributed by atoms with E-state index >= 15 is 0 Å². The zero-order chi connectivity index (χ0) is 19.8. The van der Waals surface area contributed by atoms with Gasteiger partial charge in [-0.1, -0.05) is 40.2 Å². The van der Waals surface area contributed by atoms with Gasteiger partial charge < -0.3 is 9.67 Å². The van der Waals surface area contributed by atoms with Crippen LogP contribution >= 0.6 is 15.9 Å². The van der Waals surface area contributed by atoms with Gasteiger partial charge in [0.1, 0.15) is 0 Å². The number of aliphatic hydroxyl groups is 1. The van der Waals surface area contributed by atoms with Crippen LogP contribution < -0.4 is 5.43 Å². The minimum absolute atomic E-state index is 0.330. The molecular weight excluding hydrogens is 418 g/mol. The highest BCUT2D eigenvalue weighted by Gasteiger charge is 2.24. The number of fused-ring (bicyclic) bond motifs is 2. The molecule has 5 nitrogen and oxygen atoms in total. The zero-order valence-corrected chi connectivity index (χ0v) is 17.2. The number of hydrogen-bond acceptors (Lipinski definition) is 3. The summed E-state index contributed by atoms with van der Waals surface area (Å²) < 4.78 is 3.05. The highest BCUT2D eigenvalue weighted by molar-refractivity contribution is 9.10. The molecule has 142 valence electrons. The summed E-state index contributed by atoms with van der Waals surface area (Å²) >= 11 is 3.49. The van der Waals surface area contributed by atoms with Crippen LogP contribution in [-0.4, -0.2) is 27.4 Å². The maximum Gasteiger partial charge on any atom is 0.269 e. The third kappa shape index (κ3) is 3.41. The number of aliphatic hydroxyl groups excluding tert-OH is 1. The standard InChI is InChI=1S/C22H20BrN3O2/c1-13(20-11-16-9-17(23)7-8-19(16)26(20)2)24-25-22(28)18-10-14-5-3-4-6-15(14)12-21(18)27/h3-11,21,27H,12H2,1-2H3,(H,25,28). The van der Waals surface area contributed by atoms with Gasteiger partial charge in [-0.2, -0.15) is 5.10 Å². The van der Waals surface area contributed by atoms with Crippen LogP contribution in [0, 0.1) is 0 Å². The van der Waals surface area contributed by atoms with Crippen molar-refractivity contribution < 1.29 is 9.90 Å². The molecule has 0 saturated carbocycles. The number of carbonyl (C=O) groups is 1. The van der Waals surface area contributed by atoms with Crippen LogP contribution in [0.2, 0.25) is 0 Å². The molecule has 0 bridgehead atoms. The van der Waals surface area contributed by atoms with Crippen molar-refractivity contribution in [2.75, 3.05) is 0 Å². The van der Waals surface area contributed by atoms with Crippen molar-refractivity contribution in [3.8, 4) is 0 Å². The molecule has 2 N–H and O–H groups in total. The van der Waals surface area contributed by atoms with E-state index < -0.39 is 6.10 Å². The molecule has 0 aliphatic heterocycles. The highest BCUT2D eigenvalue weighted by atomic mass is 79.9. The van der Waals surface area contributed by atoms with Gasteiger partial charge in [0.2, 0.25) is 0 Å². The lowest BCUT2D eigenvalue weighted by Gasteiger charge is -2.20. The second kappa shape index (κ2) is 7.37. The summed E-state index contributed by atoms with van der Waals surface area (Å²) in [4.78, 5) is 12.6. The van der Waals surface area contributed by atoms with E-state index in [-0.39, 0.29) is 5.91 Å². The number of hydrogen-bond donors (Lipinski definition) is 2. The fraction of sp³-hybridized carbons (Fsp3) is 0.182. The molecule has 2 aromatic carbocycles. The minimum atomic E-state index is -0.833. The van der Waals surface area contributed by atoms with Crippen LogP contribution in [0.25, 0.3) is 17.0 Å². The molecule has 1 amide bonds. The van der Waals surface area contributed by atoms with Crippen molar-refractivity contribution in [3.63, 3.8) is 0 Å². The van der Waals surface area contributed by atoms with E-state index in [0.717, 1.165) is 32.2 Å². The number of carbonyl (C=O) groups excluding carboxylic acids is 1. The summed E-state index contributed by atoms with van der Waals surface area (Å²) in [5, 5.41) is 15.7. The van der Waals surface area contributed by atoms with Gasteiger partial charge in [0, 0.05) is 34.4 Å². The van der Waals surface area contributed by atoms with E-state index in [2.05, 4.69) is 26.5 Å². The van der Waals surface area contributed by atoms with Gasteiger partial charge in [0.25, 0.3) is 5.91 Å². The van der Waals surface area contributed by atoms with E-state index in [1.165, 1.54) is 0 Å². The topological polar surface area (TPSA) is 66.6 Å². The molecule has 1 aliphatic rings. The molecule has 4 rings (SSSR count). The minimum Gasteiger partial charge on any atom is -0.388 e. The monoisotopic (exact) mass is 437 g/mol. The largest absolute Gasteiger partial charge is 0.388 e. The van der Waals surface area contributed by atoms with Crippen LogP contribution in [-0.2, 0) is 18.3 Å². The SMILES string of the molecule is CC(=NNC(=O)C1=Cc2ccccc2CC1O)c1cc2cc(Br)ccc2n1C. The first-order chi connectivity index (χ1) is 13.4. The highest BCUT2D eigenvalue weighted by Crippen LogP contribution is 2.25. The maximum absolute atomic E-state index is 12.6. The Balaban J connectivity index is 1.58. The summed E-state index contributed by atoms with van der Waals surface area (Å²) in [6.45, 7) is 1.85. The van der Waals surface area contributed by atoms with E-state index in [9.17, 15) is 9.90 Å². The molecule has 0 spiro atoms. The van der Waals surface area contributed by atoms with Crippen molar-refractivity contribution >= 4 is 44.5 Å². The third-order valence-corrected chi connectivity index (χ3v) is 5.59. The number of hydrazone groups is 1. The summed E-state index contributed by atoms with van der Waals surface area (Å²) in [6.07, 6.45) is 1.33. The molecule has 6 heteroatoms. The number of benzene rings is 2. The molecule has 0 radical (unpaired) electrons. The van der Waals surface area contributed by atoms with Gasteiger partial charge in [0.05, 0.1) is 17.5 Å². The predicted octanol–water partition coefficient (Wildman–Crippen LogP) is 3.78. The van der Waals surface area contributed by atoms with Crippen molar-refractivity contribution in [2.24, 2.45) is 12.1 Å². The Kier molecular flexibility index (Phi) is 4.91. The van der Waals surface area contributed by atoms with Crippen molar-refractivity contribution in [3.05, 3.63) is 75.4 Å². The van der Waals surface area contributed by atoms with Crippen LogP contribution in [0.5, 0.6) is 0 Å². The summed E-state index contributed by atoms with van der Waals surface area (Å²) in [5.41, 5.74) is 7.60. The number of amides is 1. The Bertz CT molecular complexity index is 1140. The fourth-order valence-electron chi connectivity index (χ4n) is 3.58. The molecule has 28 heavy (non-hydrogen) atoms. The van der Waals surface area contributed by atoms with Gasteiger partial charge in [-0.05, 0) is 48.4 Å². The quantitative estimate of drug-likeness (QED) is 0.483. The number of nitrogens with one attached hydrogen (secondary N) is 1. The fourth-order valence-corrected chi connectivity index (χ4v) is 3.96. The number of aromatic nitrogens is 1. The Hall–Kier alpha value is -2.70. The second-order valence-corrected chi connectivity index (χ2v) is 7.86. The lowest BCUT2D eigenvalue weighted by Crippen LogP contribution is -2.31. The number of nitrogens with zero attached hydrogens (tertiary/aromatic N) is 2. The van der Waals surface area contributed by atoms with Gasteiger partial charge in [-0.3, -0.25) is 4.79 Å². The number of halogens is 1. The van der Waals surface area contributed by atoms with Gasteiger partial charge in [-0.25, -0.2) is 5.43 Å². The molecule has 1 unspecified atom stereocenters. The lowest BCUT2D eigenvalue weighted by molar-refractivity contribution is -0.118. The van der Waals surface area contributed by atoms with Gasteiger partial charge in [-0.15, -0.1) is 0 Å². The molecule has 0 saturated heterocycles. The second-order valence-electron chi connectivity index (χ2n) is 6.95. The number of rotatable bonds is 3. The Morgan fingerprint density at radius 1 is 1.25 bits per heavy atom. The van der Waals surface area contributed by atoms with Crippen LogP contribution in [0.15, 0.2) is 63.7 Å². The molecule has 1 aliphatic carbocycles. The maximum atomic E-state index is 12.6. The van der Waals surface area contributed by atoms with Gasteiger partial charge >= 0.3 is 0 Å². The van der Waals surface area contributed by atoms with Crippen molar-refractivity contribution in [2.45, 2.75) is 19.4 Å². The predicted molar refractivity (Wildman–Crippen MR) is 115 cm³/mol. The molecule has 1 heterocycles. The third-order valence-electron chi connectivity index (χ3n) is 5.10. The first kappa shape index (κ1) is 18.7. The molecular formula is C22H20BrN3O2. The van der Waals surface area contributed by atoms with Crippen LogP contribution in [0.1, 0.15) is 23.7 Å². The summed E-state index contributed by atoms with van der Waals surface area (Å²) in [7, 11) is 1.97. The first-order valence-corrected chi connectivity index (χ1v) is 9.81. The number of aryl methyl sites for hydroxylation is 1. The average Bonchev–Trinajstić information content (AvgIpc) is 3.01. The smallest absolute Gasteiger partial charge is 0.269 e. The zero-order valence-electron chi connectivity index (χ0n) is 15.6. The average molecular weight is 438 g/mol. The van der Waals surface area contributed by atoms with E-state index in [4.69, 9.17) is 0 Å². The van der Waals surface area contributed by atoms with E-state index in [1.54, 1.807) is 6.08 Å². The van der Waals surface area contributed by atoms with E-state index in [1.807, 2.05) is 67.1 Å².